The van der Waals surface area contributed by atoms with Crippen molar-refractivity contribution in [2.75, 3.05) is 11.5 Å². The predicted molar refractivity (Wildman–Crippen MR) is 110 cm³/mol. The maximum absolute atomic E-state index is 13.2. The quantitative estimate of drug-likeness (QED) is 0.439. The van der Waals surface area contributed by atoms with Crippen molar-refractivity contribution in [3.63, 3.8) is 0 Å². The minimum atomic E-state index is -0.222. The second-order valence-electron chi connectivity index (χ2n) is 8.74. The van der Waals surface area contributed by atoms with Gasteiger partial charge in [0.15, 0.2) is 12.4 Å². The van der Waals surface area contributed by atoms with Crippen molar-refractivity contribution in [3.8, 4) is 5.75 Å². The molecule has 2 saturated carbocycles. The Balaban J connectivity index is 1.22. The number of ketones is 1. The van der Waals surface area contributed by atoms with Crippen LogP contribution in [0, 0.1) is 35.5 Å². The number of imide groups is 1. The molecule has 1 aliphatic heterocycles. The van der Waals surface area contributed by atoms with Crippen LogP contribution in [0.5, 0.6) is 5.75 Å². The minimum absolute atomic E-state index is 0.0905. The van der Waals surface area contributed by atoms with Gasteiger partial charge >= 0.3 is 0 Å². The highest BCUT2D eigenvalue weighted by Crippen LogP contribution is 2.65. The van der Waals surface area contributed by atoms with E-state index in [1.165, 1.54) is 4.90 Å². The molecule has 0 radical (unpaired) electrons. The lowest BCUT2D eigenvalue weighted by molar-refractivity contribution is -0.124. The molecule has 4 aliphatic carbocycles. The van der Waals surface area contributed by atoms with Gasteiger partial charge in [0, 0.05) is 11.6 Å². The van der Waals surface area contributed by atoms with E-state index in [0.29, 0.717) is 28.8 Å². The Morgan fingerprint density at radius 2 is 1.57 bits per heavy atom. The number of carbonyl (C=O) groups excluding carboxylic acids is 3. The number of hydrogen-bond donors (Lipinski definition) is 0. The zero-order valence-corrected chi connectivity index (χ0v) is 16.3. The van der Waals surface area contributed by atoms with Crippen LogP contribution >= 0.6 is 0 Å². The van der Waals surface area contributed by atoms with Crippen molar-refractivity contribution in [2.45, 2.75) is 6.42 Å². The fourth-order valence-corrected chi connectivity index (χ4v) is 5.78. The van der Waals surface area contributed by atoms with Crippen LogP contribution in [0.25, 0.3) is 0 Å². The molecule has 5 nitrogen and oxygen atoms in total. The number of Topliss-reactive ketones (excluding diaryl/α,β-unsaturated/α-hetero) is 1. The second-order valence-corrected chi connectivity index (χ2v) is 8.74. The molecule has 30 heavy (non-hydrogen) atoms. The van der Waals surface area contributed by atoms with Gasteiger partial charge in [-0.3, -0.25) is 14.4 Å². The van der Waals surface area contributed by atoms with Gasteiger partial charge in [-0.2, -0.15) is 0 Å². The van der Waals surface area contributed by atoms with Gasteiger partial charge in [0.05, 0.1) is 17.5 Å². The van der Waals surface area contributed by atoms with E-state index < -0.39 is 0 Å². The summed E-state index contributed by atoms with van der Waals surface area (Å²) in [6.07, 6.45) is 5.49. The smallest absolute Gasteiger partial charge is 0.238 e. The van der Waals surface area contributed by atoms with Gasteiger partial charge in [0.25, 0.3) is 0 Å². The summed E-state index contributed by atoms with van der Waals surface area (Å²) in [5.74, 6) is 1.29. The van der Waals surface area contributed by atoms with Gasteiger partial charge in [0.1, 0.15) is 5.75 Å². The predicted octanol–water partition coefficient (Wildman–Crippen LogP) is 3.51. The van der Waals surface area contributed by atoms with Crippen LogP contribution in [0.1, 0.15) is 16.8 Å². The van der Waals surface area contributed by atoms with Crippen LogP contribution < -0.4 is 9.64 Å². The summed E-state index contributed by atoms with van der Waals surface area (Å²) in [5, 5.41) is 0. The number of amides is 2. The highest BCUT2D eigenvalue weighted by Gasteiger charge is 2.67. The van der Waals surface area contributed by atoms with Crippen LogP contribution in [-0.2, 0) is 9.59 Å². The van der Waals surface area contributed by atoms with Gasteiger partial charge < -0.3 is 4.74 Å². The van der Waals surface area contributed by atoms with Crippen molar-refractivity contribution in [1.82, 2.24) is 0 Å². The van der Waals surface area contributed by atoms with Gasteiger partial charge in [-0.05, 0) is 42.2 Å². The Labute approximate surface area is 174 Å². The lowest BCUT2D eigenvalue weighted by atomic mass is 9.63. The van der Waals surface area contributed by atoms with E-state index >= 15 is 0 Å². The largest absolute Gasteiger partial charge is 0.485 e. The first-order valence-corrected chi connectivity index (χ1v) is 10.5. The maximum atomic E-state index is 13.2. The molecule has 0 N–H and O–H groups in total. The highest BCUT2D eigenvalue weighted by atomic mass is 16.5. The molecule has 2 bridgehead atoms. The number of carbonyl (C=O) groups is 3. The highest BCUT2D eigenvalue weighted by molar-refractivity contribution is 6.22. The third kappa shape index (κ3) is 2.51. The minimum Gasteiger partial charge on any atom is -0.485 e. The normalized spacial score (nSPS) is 32.7. The van der Waals surface area contributed by atoms with Crippen LogP contribution in [-0.4, -0.2) is 24.2 Å². The first-order chi connectivity index (χ1) is 14.6. The van der Waals surface area contributed by atoms with Crippen LogP contribution in [0.4, 0.5) is 5.69 Å². The molecular weight excluding hydrogens is 378 g/mol. The van der Waals surface area contributed by atoms with E-state index in [0.717, 1.165) is 6.42 Å². The average Bonchev–Trinajstić information content (AvgIpc) is 3.56. The van der Waals surface area contributed by atoms with Crippen molar-refractivity contribution < 1.29 is 19.1 Å². The molecule has 5 aliphatic rings. The maximum Gasteiger partial charge on any atom is 0.238 e. The summed E-state index contributed by atoms with van der Waals surface area (Å²) in [6.45, 7) is -0.0992. The van der Waals surface area contributed by atoms with Gasteiger partial charge in [-0.1, -0.05) is 48.6 Å². The van der Waals surface area contributed by atoms with E-state index in [-0.39, 0.29) is 47.9 Å². The Kier molecular flexibility index (Phi) is 3.76. The molecule has 3 fully saturated rings. The molecule has 1 heterocycles. The first-order valence-electron chi connectivity index (χ1n) is 10.5. The Morgan fingerprint density at radius 1 is 0.900 bits per heavy atom. The standard InChI is InChI=1S/C25H21NO4/c27-21(14-5-2-1-3-6-14)13-30-16-8-4-7-15(11-16)26-24(28)22-17-9-10-18(20-12-19(17)20)23(22)25(26)29/h1-11,17-20,22-23H,12-13H2/t17-,18-,19-,20+,22+,23+/m0/s1. The van der Waals surface area contributed by atoms with Crippen LogP contribution in [0.2, 0.25) is 0 Å². The van der Waals surface area contributed by atoms with Crippen LogP contribution in [0.15, 0.2) is 66.7 Å². The van der Waals surface area contributed by atoms with Crippen molar-refractivity contribution in [3.05, 3.63) is 72.3 Å². The molecule has 1 saturated heterocycles. The molecule has 2 aromatic rings. The van der Waals surface area contributed by atoms with E-state index in [1.807, 2.05) is 18.2 Å². The molecule has 7 rings (SSSR count). The van der Waals surface area contributed by atoms with E-state index in [4.69, 9.17) is 4.74 Å². The molecule has 150 valence electrons. The molecular formula is C25H21NO4. The van der Waals surface area contributed by atoms with Crippen LogP contribution in [0.3, 0.4) is 0 Å². The van der Waals surface area contributed by atoms with E-state index in [1.54, 1.807) is 36.4 Å². The third-order valence-electron chi connectivity index (χ3n) is 7.20. The Bertz CT molecular complexity index is 1060. The zero-order chi connectivity index (χ0) is 20.4. The third-order valence-corrected chi connectivity index (χ3v) is 7.20. The van der Waals surface area contributed by atoms with E-state index in [2.05, 4.69) is 12.2 Å². The summed E-state index contributed by atoms with van der Waals surface area (Å²) in [5.41, 5.74) is 1.11. The van der Waals surface area contributed by atoms with Gasteiger partial charge in [-0.25, -0.2) is 4.90 Å². The van der Waals surface area contributed by atoms with Gasteiger partial charge in [-0.15, -0.1) is 0 Å². The summed E-state index contributed by atoms with van der Waals surface area (Å²) < 4.78 is 5.68. The number of nitrogens with zero attached hydrogens (tertiary/aromatic N) is 1. The molecule has 0 spiro atoms. The summed E-state index contributed by atoms with van der Waals surface area (Å²) in [7, 11) is 0. The number of ether oxygens (including phenoxy) is 1. The SMILES string of the molecule is O=C(COc1cccc(N2C(=O)[C@@H]3[C@H]4C=C[C@@H]([C@@H]5C[C@H]45)[C@H]3C2=O)c1)c1ccccc1. The summed E-state index contributed by atoms with van der Waals surface area (Å²) >= 11 is 0. The number of benzene rings is 2. The molecule has 2 aromatic carbocycles. The topological polar surface area (TPSA) is 63.7 Å². The molecule has 2 amide bonds. The lowest BCUT2D eigenvalue weighted by Crippen LogP contribution is -2.40. The number of anilines is 1. The number of hydrogen-bond acceptors (Lipinski definition) is 4. The number of allylic oxidation sites excluding steroid dienone is 2. The molecule has 0 aromatic heterocycles. The van der Waals surface area contributed by atoms with Crippen molar-refractivity contribution >= 4 is 23.3 Å². The molecule has 6 atom stereocenters. The Hall–Kier alpha value is -3.21. The van der Waals surface area contributed by atoms with Crippen molar-refractivity contribution in [2.24, 2.45) is 35.5 Å². The molecule has 5 heteroatoms. The fraction of sp³-hybridized carbons (Fsp3) is 0.320. The fourth-order valence-electron chi connectivity index (χ4n) is 5.78. The van der Waals surface area contributed by atoms with Gasteiger partial charge in [0.2, 0.25) is 11.8 Å². The monoisotopic (exact) mass is 399 g/mol. The first kappa shape index (κ1) is 17.6. The van der Waals surface area contributed by atoms with Crippen molar-refractivity contribution in [1.29, 1.82) is 0 Å². The molecule has 0 unspecified atom stereocenters. The zero-order valence-electron chi connectivity index (χ0n) is 16.3. The summed E-state index contributed by atoms with van der Waals surface area (Å²) in [4.78, 5) is 40.1. The Morgan fingerprint density at radius 3 is 2.23 bits per heavy atom. The average molecular weight is 399 g/mol. The second kappa shape index (κ2) is 6.39. The van der Waals surface area contributed by atoms with E-state index in [9.17, 15) is 14.4 Å². The lowest BCUT2D eigenvalue weighted by Gasteiger charge is -2.37. The number of rotatable bonds is 5. The summed E-state index contributed by atoms with van der Waals surface area (Å²) in [6, 6.07) is 15.9.